The molecule has 0 aliphatic rings. The van der Waals surface area contributed by atoms with Crippen LogP contribution in [0.5, 0.6) is 17.2 Å². The second-order valence-corrected chi connectivity index (χ2v) is 9.28. The molecular formula is C33H37NO6. The Morgan fingerprint density at radius 1 is 0.775 bits per heavy atom. The number of esters is 2. The van der Waals surface area contributed by atoms with Crippen molar-refractivity contribution in [3.05, 3.63) is 96.6 Å². The number of carbonyl (C=O) groups is 2. The van der Waals surface area contributed by atoms with Crippen LogP contribution >= 0.6 is 0 Å². The Kier molecular flexibility index (Phi) is 13.0. The van der Waals surface area contributed by atoms with E-state index in [0.29, 0.717) is 30.1 Å². The zero-order valence-corrected chi connectivity index (χ0v) is 22.8. The predicted octanol–water partition coefficient (Wildman–Crippen LogP) is 7.59. The maximum atomic E-state index is 12.5. The first-order valence-corrected chi connectivity index (χ1v) is 13.7. The van der Waals surface area contributed by atoms with E-state index in [4.69, 9.17) is 14.2 Å². The summed E-state index contributed by atoms with van der Waals surface area (Å²) in [4.78, 5) is 27.8. The third kappa shape index (κ3) is 11.2. The van der Waals surface area contributed by atoms with Gasteiger partial charge in [-0.1, -0.05) is 63.3 Å². The van der Waals surface area contributed by atoms with Crippen molar-refractivity contribution in [1.82, 2.24) is 0 Å². The Bertz CT molecular complexity index is 1240. The molecule has 7 heteroatoms. The number of hydrogen-bond donors (Lipinski definition) is 1. The normalized spacial score (nSPS) is 10.8. The fraction of sp³-hybridized carbons (Fsp3) is 0.303. The molecule has 0 amide bonds. The van der Waals surface area contributed by atoms with Gasteiger partial charge in [-0.3, -0.25) is 4.99 Å². The molecule has 0 atom stereocenters. The van der Waals surface area contributed by atoms with Crippen LogP contribution in [0.2, 0.25) is 0 Å². The summed E-state index contributed by atoms with van der Waals surface area (Å²) in [5, 5.41) is 10.3. The standard InChI is InChI=1S/C33H37NO6/c1-2-32(36)39-23-13-8-6-4-3-5-7-12-22-38-29-19-16-26(17-20-29)33(37)40-30-21-18-27(31(35)24-30)25-34-28-14-10-9-11-15-28/h2,9-11,14-21,24-25,35H,1,3-8,12-13,22-23H2. The summed E-state index contributed by atoms with van der Waals surface area (Å²) in [7, 11) is 0. The smallest absolute Gasteiger partial charge is 0.343 e. The average molecular weight is 544 g/mol. The molecule has 0 aromatic heterocycles. The fourth-order valence-electron chi connectivity index (χ4n) is 3.89. The number of aromatic hydroxyl groups is 1. The van der Waals surface area contributed by atoms with Gasteiger partial charge in [0.05, 0.1) is 24.5 Å². The van der Waals surface area contributed by atoms with Gasteiger partial charge in [0.25, 0.3) is 0 Å². The van der Waals surface area contributed by atoms with Crippen molar-refractivity contribution in [2.75, 3.05) is 13.2 Å². The van der Waals surface area contributed by atoms with E-state index < -0.39 is 5.97 Å². The van der Waals surface area contributed by atoms with Gasteiger partial charge in [0.2, 0.25) is 0 Å². The Hall–Kier alpha value is -4.39. The summed E-state index contributed by atoms with van der Waals surface area (Å²) in [6.07, 6.45) is 11.5. The summed E-state index contributed by atoms with van der Waals surface area (Å²) in [6, 6.07) is 20.9. The van der Waals surface area contributed by atoms with E-state index in [-0.39, 0.29) is 17.5 Å². The zero-order valence-electron chi connectivity index (χ0n) is 22.8. The molecule has 1 N–H and O–H groups in total. The van der Waals surface area contributed by atoms with E-state index in [1.54, 1.807) is 42.6 Å². The molecule has 3 aromatic carbocycles. The van der Waals surface area contributed by atoms with E-state index >= 15 is 0 Å². The molecule has 3 aromatic rings. The first-order chi connectivity index (χ1) is 19.5. The Morgan fingerprint density at radius 3 is 2.05 bits per heavy atom. The molecule has 0 unspecified atom stereocenters. The van der Waals surface area contributed by atoms with Gasteiger partial charge < -0.3 is 19.3 Å². The van der Waals surface area contributed by atoms with Gasteiger partial charge in [0.15, 0.2) is 0 Å². The summed E-state index contributed by atoms with van der Waals surface area (Å²) < 4.78 is 16.2. The second-order valence-electron chi connectivity index (χ2n) is 9.28. The number of rotatable bonds is 17. The quantitative estimate of drug-likeness (QED) is 0.0620. The van der Waals surface area contributed by atoms with Crippen LogP contribution < -0.4 is 9.47 Å². The Morgan fingerprint density at radius 2 is 1.40 bits per heavy atom. The predicted molar refractivity (Wildman–Crippen MR) is 157 cm³/mol. The lowest BCUT2D eigenvalue weighted by molar-refractivity contribution is -0.137. The molecule has 210 valence electrons. The van der Waals surface area contributed by atoms with E-state index in [2.05, 4.69) is 11.6 Å². The molecule has 0 heterocycles. The minimum atomic E-state index is -0.519. The van der Waals surface area contributed by atoms with E-state index in [1.165, 1.54) is 25.0 Å². The second kappa shape index (κ2) is 17.2. The summed E-state index contributed by atoms with van der Waals surface area (Å²) >= 11 is 0. The minimum absolute atomic E-state index is 0.0301. The van der Waals surface area contributed by atoms with Crippen LogP contribution in [-0.4, -0.2) is 36.5 Å². The number of para-hydroxylation sites is 1. The molecule has 0 radical (unpaired) electrons. The van der Waals surface area contributed by atoms with E-state index in [9.17, 15) is 14.7 Å². The fourth-order valence-corrected chi connectivity index (χ4v) is 3.89. The van der Waals surface area contributed by atoms with Crippen molar-refractivity contribution in [2.24, 2.45) is 4.99 Å². The highest BCUT2D eigenvalue weighted by atomic mass is 16.5. The first kappa shape index (κ1) is 30.2. The third-order valence-corrected chi connectivity index (χ3v) is 6.13. The van der Waals surface area contributed by atoms with Crippen molar-refractivity contribution in [1.29, 1.82) is 0 Å². The van der Waals surface area contributed by atoms with Gasteiger partial charge in [0, 0.05) is 23.9 Å². The van der Waals surface area contributed by atoms with Gasteiger partial charge in [-0.05, 0) is 61.4 Å². The summed E-state index contributed by atoms with van der Waals surface area (Å²) in [6.45, 7) is 4.46. The molecule has 40 heavy (non-hydrogen) atoms. The average Bonchev–Trinajstić information content (AvgIpc) is 2.98. The van der Waals surface area contributed by atoms with Crippen LogP contribution in [0.1, 0.15) is 67.3 Å². The number of hydrogen-bond acceptors (Lipinski definition) is 7. The number of nitrogens with zero attached hydrogens (tertiary/aromatic N) is 1. The molecule has 0 aliphatic carbocycles. The largest absolute Gasteiger partial charge is 0.507 e. The molecule has 0 saturated carbocycles. The molecule has 3 rings (SSSR count). The lowest BCUT2D eigenvalue weighted by Crippen LogP contribution is -2.08. The number of phenols is 1. The van der Waals surface area contributed by atoms with Crippen LogP contribution in [0.25, 0.3) is 0 Å². The highest BCUT2D eigenvalue weighted by Crippen LogP contribution is 2.24. The number of aliphatic imine (C=N–C) groups is 1. The van der Waals surface area contributed by atoms with Crippen molar-refractivity contribution in [3.63, 3.8) is 0 Å². The monoisotopic (exact) mass is 543 g/mol. The molecule has 7 nitrogen and oxygen atoms in total. The van der Waals surface area contributed by atoms with Crippen molar-refractivity contribution in [3.8, 4) is 17.2 Å². The van der Waals surface area contributed by atoms with Crippen LogP contribution in [0.3, 0.4) is 0 Å². The van der Waals surface area contributed by atoms with Crippen LogP contribution in [-0.2, 0) is 9.53 Å². The summed E-state index contributed by atoms with van der Waals surface area (Å²) in [5.74, 6) is 0.0417. The number of unbranched alkanes of at least 4 members (excludes halogenated alkanes) is 7. The number of carbonyl (C=O) groups excluding carboxylic acids is 2. The molecular weight excluding hydrogens is 506 g/mol. The Balaban J connectivity index is 1.30. The van der Waals surface area contributed by atoms with Crippen LogP contribution in [0, 0.1) is 0 Å². The van der Waals surface area contributed by atoms with Crippen LogP contribution in [0.4, 0.5) is 5.69 Å². The SMILES string of the molecule is C=CC(=O)OCCCCCCCCCCOc1ccc(C(=O)Oc2ccc(C=Nc3ccccc3)c(O)c2)cc1. The maximum Gasteiger partial charge on any atom is 0.343 e. The lowest BCUT2D eigenvalue weighted by atomic mass is 10.1. The maximum absolute atomic E-state index is 12.5. The third-order valence-electron chi connectivity index (χ3n) is 6.13. The molecule has 0 spiro atoms. The van der Waals surface area contributed by atoms with Crippen molar-refractivity contribution >= 4 is 23.8 Å². The number of ether oxygens (including phenoxy) is 3. The summed E-state index contributed by atoms with van der Waals surface area (Å²) in [5.41, 5.74) is 1.68. The van der Waals surface area contributed by atoms with Crippen LogP contribution in [0.15, 0.2) is 90.4 Å². The van der Waals surface area contributed by atoms with Gasteiger partial charge in [-0.2, -0.15) is 0 Å². The molecule has 0 bridgehead atoms. The van der Waals surface area contributed by atoms with Gasteiger partial charge >= 0.3 is 11.9 Å². The van der Waals surface area contributed by atoms with E-state index in [1.807, 2.05) is 30.3 Å². The lowest BCUT2D eigenvalue weighted by Gasteiger charge is -2.08. The topological polar surface area (TPSA) is 94.4 Å². The molecule has 0 saturated heterocycles. The van der Waals surface area contributed by atoms with Gasteiger partial charge in [-0.15, -0.1) is 0 Å². The Labute approximate surface area is 236 Å². The highest BCUT2D eigenvalue weighted by molar-refractivity contribution is 5.91. The van der Waals surface area contributed by atoms with Gasteiger partial charge in [-0.25, -0.2) is 9.59 Å². The number of benzene rings is 3. The zero-order chi connectivity index (χ0) is 28.4. The highest BCUT2D eigenvalue weighted by Gasteiger charge is 2.10. The van der Waals surface area contributed by atoms with E-state index in [0.717, 1.165) is 44.2 Å². The number of phenolic OH excluding ortho intramolecular Hbond substituents is 1. The molecule has 0 aliphatic heterocycles. The van der Waals surface area contributed by atoms with Gasteiger partial charge in [0.1, 0.15) is 17.2 Å². The molecule has 0 fully saturated rings. The minimum Gasteiger partial charge on any atom is -0.507 e. The van der Waals surface area contributed by atoms with Crippen molar-refractivity contribution in [2.45, 2.75) is 51.4 Å². The first-order valence-electron chi connectivity index (χ1n) is 13.7. The van der Waals surface area contributed by atoms with Crippen molar-refractivity contribution < 1.29 is 28.9 Å².